The summed E-state index contributed by atoms with van der Waals surface area (Å²) < 4.78 is 28.1. The SMILES string of the molecule is O=C(CN1/C(=C(/[O-])c2ccccc2)C(=O)c2ccccc2S1(=O)=O)c1ccc(Br)cc1. The van der Waals surface area contributed by atoms with Crippen LogP contribution < -0.4 is 5.11 Å². The molecule has 0 radical (unpaired) electrons. The van der Waals surface area contributed by atoms with Crippen molar-refractivity contribution in [1.82, 2.24) is 4.31 Å². The number of sulfonamides is 1. The van der Waals surface area contributed by atoms with Gasteiger partial charge in [0.2, 0.25) is 5.78 Å². The average Bonchev–Trinajstić information content (AvgIpc) is 2.78. The number of hydrogen-bond donors (Lipinski definition) is 0. The first-order valence-corrected chi connectivity index (χ1v) is 11.5. The molecule has 6 nitrogen and oxygen atoms in total. The van der Waals surface area contributed by atoms with Gasteiger partial charge in [-0.3, -0.25) is 13.9 Å². The molecule has 0 atom stereocenters. The molecule has 1 aliphatic rings. The van der Waals surface area contributed by atoms with Crippen LogP contribution in [0.4, 0.5) is 0 Å². The number of nitrogens with zero attached hydrogens (tertiary/aromatic N) is 1. The Balaban J connectivity index is 1.89. The van der Waals surface area contributed by atoms with E-state index in [-0.39, 0.29) is 21.6 Å². The number of carbonyl (C=O) groups is 2. The Morgan fingerprint density at radius 1 is 0.871 bits per heavy atom. The lowest BCUT2D eigenvalue weighted by Crippen LogP contribution is -2.43. The summed E-state index contributed by atoms with van der Waals surface area (Å²) in [5, 5.41) is 13.2. The summed E-state index contributed by atoms with van der Waals surface area (Å²) in [5.74, 6) is -2.03. The van der Waals surface area contributed by atoms with Crippen molar-refractivity contribution in [3.8, 4) is 0 Å². The number of ketones is 2. The van der Waals surface area contributed by atoms with Gasteiger partial charge in [0.05, 0.1) is 17.1 Å². The van der Waals surface area contributed by atoms with Gasteiger partial charge in [0, 0.05) is 15.6 Å². The van der Waals surface area contributed by atoms with Crippen LogP contribution in [0.3, 0.4) is 0 Å². The van der Waals surface area contributed by atoms with Gasteiger partial charge in [-0.1, -0.05) is 76.3 Å². The summed E-state index contributed by atoms with van der Waals surface area (Å²) in [6, 6.07) is 20.0. The largest absolute Gasteiger partial charge is 0.871 e. The van der Waals surface area contributed by atoms with Crippen LogP contribution in [0, 0.1) is 0 Å². The van der Waals surface area contributed by atoms with E-state index in [1.807, 2.05) is 0 Å². The van der Waals surface area contributed by atoms with Crippen molar-refractivity contribution in [2.75, 3.05) is 6.54 Å². The highest BCUT2D eigenvalue weighted by Gasteiger charge is 2.40. The van der Waals surface area contributed by atoms with Crippen LogP contribution in [0.1, 0.15) is 26.3 Å². The van der Waals surface area contributed by atoms with Crippen LogP contribution in [-0.2, 0) is 10.0 Å². The summed E-state index contributed by atoms with van der Waals surface area (Å²) in [6.07, 6.45) is 0. The zero-order valence-electron chi connectivity index (χ0n) is 16.0. The lowest BCUT2D eigenvalue weighted by molar-refractivity contribution is -0.245. The average molecular weight is 497 g/mol. The Labute approximate surface area is 187 Å². The molecule has 0 bridgehead atoms. The normalized spacial score (nSPS) is 16.5. The molecule has 0 fully saturated rings. The summed E-state index contributed by atoms with van der Waals surface area (Å²) in [6.45, 7) is -0.669. The van der Waals surface area contributed by atoms with Crippen LogP contribution >= 0.6 is 15.9 Å². The molecule has 0 spiro atoms. The molecule has 0 saturated carbocycles. The van der Waals surface area contributed by atoms with E-state index >= 15 is 0 Å². The molecule has 1 heterocycles. The number of hydrogen-bond acceptors (Lipinski definition) is 5. The fourth-order valence-electron chi connectivity index (χ4n) is 3.32. The monoisotopic (exact) mass is 496 g/mol. The van der Waals surface area contributed by atoms with Gasteiger partial charge in [-0.15, -0.1) is 0 Å². The first-order chi connectivity index (χ1) is 14.8. The van der Waals surface area contributed by atoms with Crippen molar-refractivity contribution >= 4 is 43.3 Å². The van der Waals surface area contributed by atoms with Gasteiger partial charge < -0.3 is 5.11 Å². The molecule has 3 aromatic carbocycles. The Morgan fingerprint density at radius 2 is 1.48 bits per heavy atom. The smallest absolute Gasteiger partial charge is 0.265 e. The second-order valence-electron chi connectivity index (χ2n) is 6.81. The van der Waals surface area contributed by atoms with E-state index in [1.165, 1.54) is 48.5 Å². The number of carbonyl (C=O) groups excluding carboxylic acids is 2. The van der Waals surface area contributed by atoms with Crippen LogP contribution in [0.25, 0.3) is 5.76 Å². The van der Waals surface area contributed by atoms with Gasteiger partial charge in [-0.05, 0) is 29.8 Å². The zero-order chi connectivity index (χ0) is 22.2. The zero-order valence-corrected chi connectivity index (χ0v) is 18.4. The maximum atomic E-state index is 13.4. The van der Waals surface area contributed by atoms with Crippen molar-refractivity contribution < 1.29 is 23.1 Å². The van der Waals surface area contributed by atoms with Crippen LogP contribution in [-0.4, -0.2) is 30.8 Å². The van der Waals surface area contributed by atoms with Crippen LogP contribution in [0.2, 0.25) is 0 Å². The summed E-state index contributed by atoms with van der Waals surface area (Å²) in [7, 11) is -4.30. The van der Waals surface area contributed by atoms with E-state index in [0.717, 1.165) is 4.47 Å². The highest BCUT2D eigenvalue weighted by molar-refractivity contribution is 9.10. The van der Waals surface area contributed by atoms with Gasteiger partial charge in [0.15, 0.2) is 5.78 Å². The number of allylic oxidation sites excluding steroid dienone is 1. The molecule has 31 heavy (non-hydrogen) atoms. The molecule has 0 amide bonds. The van der Waals surface area contributed by atoms with Gasteiger partial charge in [-0.25, -0.2) is 8.42 Å². The molecule has 3 aromatic rings. The van der Waals surface area contributed by atoms with E-state index in [9.17, 15) is 23.1 Å². The molecular weight excluding hydrogens is 482 g/mol. The standard InChI is InChI=1S/C23H16BrNO5S/c24-17-12-10-15(11-13-17)19(26)14-25-21(22(27)16-6-2-1-3-7-16)23(28)18-8-4-5-9-20(18)31(25,29)30/h1-13,27H,14H2/p-1/b22-21+. The lowest BCUT2D eigenvalue weighted by atomic mass is 10.0. The first-order valence-electron chi connectivity index (χ1n) is 9.22. The fourth-order valence-corrected chi connectivity index (χ4v) is 5.21. The van der Waals surface area contributed by atoms with Crippen LogP contribution in [0.15, 0.2) is 93.9 Å². The second kappa shape index (κ2) is 8.13. The molecule has 0 aliphatic carbocycles. The summed E-state index contributed by atoms with van der Waals surface area (Å²) in [4.78, 5) is 25.9. The second-order valence-corrected chi connectivity index (χ2v) is 9.56. The Bertz CT molecular complexity index is 1320. The minimum Gasteiger partial charge on any atom is -0.871 e. The first kappa shape index (κ1) is 21.0. The minimum absolute atomic E-state index is 0.0888. The summed E-state index contributed by atoms with van der Waals surface area (Å²) in [5.41, 5.74) is -0.234. The molecule has 0 saturated heterocycles. The van der Waals surface area contributed by atoms with Crippen molar-refractivity contribution in [3.05, 3.63) is 106 Å². The highest BCUT2D eigenvalue weighted by atomic mass is 79.9. The molecular formula is C23H15BrNO5S-. The predicted molar refractivity (Wildman–Crippen MR) is 116 cm³/mol. The summed E-state index contributed by atoms with van der Waals surface area (Å²) >= 11 is 3.28. The van der Waals surface area contributed by atoms with Crippen LogP contribution in [0.5, 0.6) is 0 Å². The van der Waals surface area contributed by atoms with Gasteiger partial charge in [0.1, 0.15) is 0 Å². The van der Waals surface area contributed by atoms with Crippen molar-refractivity contribution in [3.63, 3.8) is 0 Å². The van der Waals surface area contributed by atoms with E-state index in [0.29, 0.717) is 4.31 Å². The van der Waals surface area contributed by atoms with Crippen molar-refractivity contribution in [1.29, 1.82) is 0 Å². The quantitative estimate of drug-likeness (QED) is 0.314. The van der Waals surface area contributed by atoms with E-state index in [4.69, 9.17) is 0 Å². The van der Waals surface area contributed by atoms with Gasteiger partial charge in [0.25, 0.3) is 10.0 Å². The molecule has 0 unspecified atom stereocenters. The minimum atomic E-state index is -4.30. The molecule has 8 heteroatoms. The number of Topliss-reactive ketones (excluding diaryl/α,β-unsaturated/α-hetero) is 2. The fraction of sp³-hybridized carbons (Fsp3) is 0.0435. The molecule has 1 aliphatic heterocycles. The molecule has 156 valence electrons. The third kappa shape index (κ3) is 3.80. The molecule has 0 aromatic heterocycles. The maximum Gasteiger partial charge on any atom is 0.265 e. The van der Waals surface area contributed by atoms with Crippen molar-refractivity contribution in [2.45, 2.75) is 4.90 Å². The van der Waals surface area contributed by atoms with E-state index in [2.05, 4.69) is 15.9 Å². The van der Waals surface area contributed by atoms with E-state index < -0.39 is 39.6 Å². The number of fused-ring (bicyclic) bond motifs is 1. The maximum absolute atomic E-state index is 13.4. The Hall–Kier alpha value is -3.23. The number of rotatable bonds is 4. The molecule has 4 rings (SSSR count). The van der Waals surface area contributed by atoms with Gasteiger partial charge in [-0.2, -0.15) is 0 Å². The predicted octanol–water partition coefficient (Wildman–Crippen LogP) is 3.25. The molecule has 0 N–H and O–H groups in total. The van der Waals surface area contributed by atoms with E-state index in [1.54, 1.807) is 30.3 Å². The Kier molecular flexibility index (Phi) is 5.51. The Morgan fingerprint density at radius 3 is 2.16 bits per heavy atom. The number of benzene rings is 3. The third-order valence-electron chi connectivity index (χ3n) is 4.87. The lowest BCUT2D eigenvalue weighted by Gasteiger charge is -2.34. The topological polar surface area (TPSA) is 94.6 Å². The van der Waals surface area contributed by atoms with Crippen molar-refractivity contribution in [2.24, 2.45) is 0 Å². The van der Waals surface area contributed by atoms with Gasteiger partial charge >= 0.3 is 0 Å². The number of halogens is 1. The third-order valence-corrected chi connectivity index (χ3v) is 7.20. The highest BCUT2D eigenvalue weighted by Crippen LogP contribution is 2.34.